The molecule has 0 aromatic carbocycles. The lowest BCUT2D eigenvalue weighted by Crippen LogP contribution is -2.36. The Bertz CT molecular complexity index is 261. The van der Waals surface area contributed by atoms with Gasteiger partial charge in [-0.25, -0.2) is 0 Å². The van der Waals surface area contributed by atoms with Crippen molar-refractivity contribution >= 4 is 0 Å². The van der Waals surface area contributed by atoms with Crippen molar-refractivity contribution in [3.05, 3.63) is 0 Å². The molecule has 4 unspecified atom stereocenters. The zero-order chi connectivity index (χ0) is 11.4. The molecule has 0 aliphatic heterocycles. The van der Waals surface area contributed by atoms with Crippen LogP contribution in [0.15, 0.2) is 0 Å². The highest BCUT2D eigenvalue weighted by Crippen LogP contribution is 2.32. The van der Waals surface area contributed by atoms with Crippen LogP contribution in [-0.2, 0) is 0 Å². The van der Waals surface area contributed by atoms with E-state index >= 15 is 0 Å². The Hall–Kier alpha value is -0.590. The summed E-state index contributed by atoms with van der Waals surface area (Å²) in [5, 5.41) is 21.8. The van der Waals surface area contributed by atoms with Crippen LogP contribution in [0.3, 0.4) is 0 Å². The minimum absolute atomic E-state index is 0.217. The van der Waals surface area contributed by atoms with E-state index < -0.39 is 0 Å². The van der Waals surface area contributed by atoms with Crippen LogP contribution in [0.4, 0.5) is 0 Å². The fourth-order valence-electron chi connectivity index (χ4n) is 3.28. The van der Waals surface area contributed by atoms with Crippen molar-refractivity contribution in [3.63, 3.8) is 0 Å². The van der Waals surface area contributed by atoms with Gasteiger partial charge in [0.1, 0.15) is 0 Å². The standard InChI is InChI=1S/C13H22N2O/c14-7-10-3-2-6-13(10)15-8-11-4-1-5-12(11)9-16/h10-13,15-16H,1-6,8-9H2. The van der Waals surface area contributed by atoms with Gasteiger partial charge >= 0.3 is 0 Å². The van der Waals surface area contributed by atoms with Crippen molar-refractivity contribution in [2.24, 2.45) is 17.8 Å². The summed E-state index contributed by atoms with van der Waals surface area (Å²) in [5.74, 6) is 1.34. The predicted octanol–water partition coefficient (Wildman–Crippen LogP) is 1.68. The first-order valence-electron chi connectivity index (χ1n) is 6.59. The van der Waals surface area contributed by atoms with Crippen molar-refractivity contribution in [1.29, 1.82) is 5.26 Å². The fraction of sp³-hybridized carbons (Fsp3) is 0.923. The third kappa shape index (κ3) is 2.56. The zero-order valence-corrected chi connectivity index (χ0v) is 9.86. The minimum Gasteiger partial charge on any atom is -0.396 e. The van der Waals surface area contributed by atoms with E-state index in [1.54, 1.807) is 0 Å². The molecule has 2 aliphatic rings. The van der Waals surface area contributed by atoms with Gasteiger partial charge in [0.15, 0.2) is 0 Å². The van der Waals surface area contributed by atoms with Gasteiger partial charge in [0.05, 0.1) is 12.0 Å². The molecule has 2 fully saturated rings. The maximum Gasteiger partial charge on any atom is 0.0672 e. The summed E-state index contributed by atoms with van der Waals surface area (Å²) in [6.07, 6.45) is 7.06. The quantitative estimate of drug-likeness (QED) is 0.761. The number of aliphatic hydroxyl groups is 1. The van der Waals surface area contributed by atoms with E-state index in [2.05, 4.69) is 11.4 Å². The lowest BCUT2D eigenvalue weighted by molar-refractivity contribution is 0.189. The molecule has 2 rings (SSSR count). The van der Waals surface area contributed by atoms with Crippen LogP contribution >= 0.6 is 0 Å². The van der Waals surface area contributed by atoms with E-state index in [0.29, 0.717) is 24.5 Å². The Morgan fingerprint density at radius 2 is 1.88 bits per heavy atom. The van der Waals surface area contributed by atoms with Crippen molar-refractivity contribution in [2.45, 2.75) is 44.6 Å². The van der Waals surface area contributed by atoms with Crippen LogP contribution in [-0.4, -0.2) is 24.3 Å². The molecule has 3 heteroatoms. The minimum atomic E-state index is 0.217. The normalized spacial score (nSPS) is 38.8. The molecule has 0 amide bonds. The summed E-state index contributed by atoms with van der Waals surface area (Å²) in [6.45, 7) is 1.33. The first-order valence-corrected chi connectivity index (χ1v) is 6.59. The number of rotatable bonds is 4. The largest absolute Gasteiger partial charge is 0.396 e. The van der Waals surface area contributed by atoms with Gasteiger partial charge in [0.2, 0.25) is 0 Å². The number of nitriles is 1. The number of hydrogen-bond acceptors (Lipinski definition) is 3. The molecule has 2 N–H and O–H groups in total. The second-order valence-corrected chi connectivity index (χ2v) is 5.31. The van der Waals surface area contributed by atoms with Gasteiger partial charge in [-0.15, -0.1) is 0 Å². The number of hydrogen-bond donors (Lipinski definition) is 2. The number of nitrogens with zero attached hydrogens (tertiary/aromatic N) is 1. The fourth-order valence-corrected chi connectivity index (χ4v) is 3.28. The van der Waals surface area contributed by atoms with Gasteiger partial charge in [0.25, 0.3) is 0 Å². The van der Waals surface area contributed by atoms with Crippen LogP contribution in [0.5, 0.6) is 0 Å². The third-order valence-corrected chi connectivity index (χ3v) is 4.38. The lowest BCUT2D eigenvalue weighted by Gasteiger charge is -2.22. The van der Waals surface area contributed by atoms with Gasteiger partial charge < -0.3 is 10.4 Å². The SMILES string of the molecule is N#CC1CCCC1NCC1CCCC1CO. The average Bonchev–Trinajstić information content (AvgIpc) is 2.94. The second kappa shape index (κ2) is 5.65. The topological polar surface area (TPSA) is 56.0 Å². The molecule has 0 radical (unpaired) electrons. The Morgan fingerprint density at radius 3 is 2.62 bits per heavy atom. The molecule has 3 nitrogen and oxygen atoms in total. The van der Waals surface area contributed by atoms with E-state index in [1.165, 1.54) is 25.7 Å². The smallest absolute Gasteiger partial charge is 0.0672 e. The summed E-state index contributed by atoms with van der Waals surface area (Å²) in [6, 6.07) is 2.81. The molecule has 0 bridgehead atoms. The monoisotopic (exact) mass is 222 g/mol. The van der Waals surface area contributed by atoms with Crippen molar-refractivity contribution < 1.29 is 5.11 Å². The molecule has 0 spiro atoms. The van der Waals surface area contributed by atoms with Crippen molar-refractivity contribution in [3.8, 4) is 6.07 Å². The first kappa shape index (κ1) is 11.9. The Balaban J connectivity index is 1.76. The molecular weight excluding hydrogens is 200 g/mol. The summed E-state index contributed by atoms with van der Waals surface area (Å²) >= 11 is 0. The summed E-state index contributed by atoms with van der Waals surface area (Å²) in [7, 11) is 0. The number of aliphatic hydroxyl groups excluding tert-OH is 1. The van der Waals surface area contributed by atoms with Crippen LogP contribution in [0.1, 0.15) is 38.5 Å². The van der Waals surface area contributed by atoms with E-state index in [0.717, 1.165) is 19.4 Å². The Morgan fingerprint density at radius 1 is 1.12 bits per heavy atom. The summed E-state index contributed by atoms with van der Waals surface area (Å²) < 4.78 is 0. The van der Waals surface area contributed by atoms with E-state index in [9.17, 15) is 5.11 Å². The van der Waals surface area contributed by atoms with E-state index in [4.69, 9.17) is 5.26 Å². The molecule has 2 saturated carbocycles. The highest BCUT2D eigenvalue weighted by molar-refractivity contribution is 4.97. The van der Waals surface area contributed by atoms with Crippen LogP contribution in [0.25, 0.3) is 0 Å². The number of nitrogens with one attached hydrogen (secondary N) is 1. The average molecular weight is 222 g/mol. The van der Waals surface area contributed by atoms with Crippen molar-refractivity contribution in [1.82, 2.24) is 5.32 Å². The van der Waals surface area contributed by atoms with Gasteiger partial charge in [0, 0.05) is 12.6 Å². The Kier molecular flexibility index (Phi) is 4.20. The van der Waals surface area contributed by atoms with Crippen LogP contribution < -0.4 is 5.32 Å². The van der Waals surface area contributed by atoms with Crippen LogP contribution in [0.2, 0.25) is 0 Å². The molecule has 0 saturated heterocycles. The second-order valence-electron chi connectivity index (χ2n) is 5.31. The van der Waals surface area contributed by atoms with E-state index in [-0.39, 0.29) is 5.92 Å². The molecule has 0 aromatic heterocycles. The van der Waals surface area contributed by atoms with Gasteiger partial charge in [-0.3, -0.25) is 0 Å². The predicted molar refractivity (Wildman–Crippen MR) is 62.7 cm³/mol. The lowest BCUT2D eigenvalue weighted by atomic mass is 9.96. The molecule has 16 heavy (non-hydrogen) atoms. The molecule has 4 atom stereocenters. The highest BCUT2D eigenvalue weighted by atomic mass is 16.3. The highest BCUT2D eigenvalue weighted by Gasteiger charge is 2.30. The summed E-state index contributed by atoms with van der Waals surface area (Å²) in [4.78, 5) is 0. The molecule has 90 valence electrons. The first-order chi connectivity index (χ1) is 7.85. The molecular formula is C13H22N2O. The van der Waals surface area contributed by atoms with E-state index in [1.807, 2.05) is 0 Å². The molecule has 2 aliphatic carbocycles. The van der Waals surface area contributed by atoms with Gasteiger partial charge in [-0.2, -0.15) is 5.26 Å². The molecule has 0 heterocycles. The zero-order valence-electron chi connectivity index (χ0n) is 9.86. The van der Waals surface area contributed by atoms with Gasteiger partial charge in [-0.1, -0.05) is 12.8 Å². The molecule has 0 aromatic rings. The maximum absolute atomic E-state index is 9.25. The van der Waals surface area contributed by atoms with Crippen LogP contribution in [0, 0.1) is 29.1 Å². The van der Waals surface area contributed by atoms with Crippen molar-refractivity contribution in [2.75, 3.05) is 13.2 Å². The Labute approximate surface area is 97.8 Å². The summed E-state index contributed by atoms with van der Waals surface area (Å²) in [5.41, 5.74) is 0. The van der Waals surface area contributed by atoms with Gasteiger partial charge in [-0.05, 0) is 44.1 Å². The maximum atomic E-state index is 9.25. The third-order valence-electron chi connectivity index (χ3n) is 4.38.